The second kappa shape index (κ2) is 6.09. The standard InChI is InChI=1S/C21H18FN5O/c1-10-14(8-25-18-2-3-24-20(10)18)11-4-12-6-19(26-9-15(12)17(23)5-11)27-21(28)13-7-16(13)22/h3-6,8-9,13,16H,2,7,23H2,1H3,(H,26,27,28)/t13-,16+/m1/s1. The summed E-state index contributed by atoms with van der Waals surface area (Å²) in [4.78, 5) is 25.2. The summed E-state index contributed by atoms with van der Waals surface area (Å²) in [5.41, 5.74) is 11.7. The van der Waals surface area contributed by atoms with E-state index in [1.54, 1.807) is 12.3 Å². The average Bonchev–Trinajstić information content (AvgIpc) is 3.21. The first-order valence-electron chi connectivity index (χ1n) is 9.17. The van der Waals surface area contributed by atoms with Crippen molar-refractivity contribution in [1.29, 1.82) is 0 Å². The normalized spacial score (nSPS) is 19.6. The summed E-state index contributed by atoms with van der Waals surface area (Å²) in [7, 11) is 0. The van der Waals surface area contributed by atoms with Crippen molar-refractivity contribution in [1.82, 2.24) is 9.97 Å². The zero-order valence-electron chi connectivity index (χ0n) is 15.2. The van der Waals surface area contributed by atoms with E-state index < -0.39 is 12.1 Å². The molecule has 2 aromatic heterocycles. The van der Waals surface area contributed by atoms with E-state index in [0.29, 0.717) is 11.5 Å². The number of nitrogens with one attached hydrogen (secondary N) is 1. The number of nitrogens with two attached hydrogens (primary N) is 1. The van der Waals surface area contributed by atoms with Gasteiger partial charge in [-0.05, 0) is 48.1 Å². The Labute approximate surface area is 160 Å². The minimum absolute atomic E-state index is 0.281. The first-order valence-corrected chi connectivity index (χ1v) is 9.17. The van der Waals surface area contributed by atoms with Gasteiger partial charge in [0.1, 0.15) is 12.0 Å². The SMILES string of the molecule is Cc1c(-c2cc(N)c3cnc(NC(=O)[C@@H]4C[C@@H]4F)cc3c2)cnc2c1N=CC2. The monoisotopic (exact) mass is 375 g/mol. The number of fused-ring (bicyclic) bond motifs is 2. The molecule has 2 aliphatic rings. The Balaban J connectivity index is 1.55. The number of aromatic nitrogens is 2. The number of nitrogen functional groups attached to an aromatic ring is 1. The van der Waals surface area contributed by atoms with E-state index in [0.717, 1.165) is 45.3 Å². The van der Waals surface area contributed by atoms with Crippen molar-refractivity contribution < 1.29 is 9.18 Å². The molecule has 0 spiro atoms. The second-order valence-electron chi connectivity index (χ2n) is 7.31. The van der Waals surface area contributed by atoms with Gasteiger partial charge in [0.15, 0.2) is 0 Å². The van der Waals surface area contributed by atoms with Crippen LogP contribution in [0, 0.1) is 12.8 Å². The molecule has 2 atom stereocenters. The topological polar surface area (TPSA) is 93.3 Å². The quantitative estimate of drug-likeness (QED) is 0.682. The molecule has 3 heterocycles. The average molecular weight is 375 g/mol. The Morgan fingerprint density at radius 1 is 1.25 bits per heavy atom. The zero-order chi connectivity index (χ0) is 19.4. The minimum atomic E-state index is -1.04. The lowest BCUT2D eigenvalue weighted by molar-refractivity contribution is -0.117. The summed E-state index contributed by atoms with van der Waals surface area (Å²) in [6, 6.07) is 5.65. The molecule has 140 valence electrons. The van der Waals surface area contributed by atoms with Crippen LogP contribution in [0.1, 0.15) is 17.7 Å². The predicted octanol–water partition coefficient (Wildman–Crippen LogP) is 3.74. The first-order chi connectivity index (χ1) is 13.5. The number of aliphatic imine (C=N–C) groups is 1. The third kappa shape index (κ3) is 2.70. The molecule has 3 aromatic rings. The molecule has 0 bridgehead atoms. The molecule has 5 rings (SSSR count). The van der Waals surface area contributed by atoms with E-state index in [9.17, 15) is 9.18 Å². The van der Waals surface area contributed by atoms with Crippen LogP contribution in [0.15, 0.2) is 35.6 Å². The van der Waals surface area contributed by atoms with Gasteiger partial charge in [-0.2, -0.15) is 0 Å². The van der Waals surface area contributed by atoms with Gasteiger partial charge in [-0.25, -0.2) is 9.37 Å². The van der Waals surface area contributed by atoms with Crippen LogP contribution in [0.25, 0.3) is 21.9 Å². The maximum Gasteiger partial charge on any atom is 0.231 e. The van der Waals surface area contributed by atoms with Crippen LogP contribution in [0.4, 0.5) is 21.6 Å². The number of hydrogen-bond donors (Lipinski definition) is 2. The van der Waals surface area contributed by atoms with Crippen LogP contribution < -0.4 is 11.1 Å². The van der Waals surface area contributed by atoms with Crippen molar-refractivity contribution in [3.63, 3.8) is 0 Å². The van der Waals surface area contributed by atoms with Gasteiger partial charge in [0, 0.05) is 41.7 Å². The molecule has 1 fully saturated rings. The molecule has 0 saturated heterocycles. The molecule has 0 radical (unpaired) electrons. The summed E-state index contributed by atoms with van der Waals surface area (Å²) in [5.74, 6) is -0.504. The van der Waals surface area contributed by atoms with Gasteiger partial charge < -0.3 is 11.1 Å². The highest BCUT2D eigenvalue weighted by molar-refractivity contribution is 6.00. The number of halogens is 1. The summed E-state index contributed by atoms with van der Waals surface area (Å²) < 4.78 is 13.1. The van der Waals surface area contributed by atoms with Gasteiger partial charge in [0.2, 0.25) is 5.91 Å². The van der Waals surface area contributed by atoms with Gasteiger partial charge in [0.25, 0.3) is 0 Å². The molecule has 6 nitrogen and oxygen atoms in total. The highest BCUT2D eigenvalue weighted by Crippen LogP contribution is 2.37. The molecule has 1 saturated carbocycles. The number of nitrogens with zero attached hydrogens (tertiary/aromatic N) is 3. The number of rotatable bonds is 3. The molecule has 1 aliphatic carbocycles. The molecule has 28 heavy (non-hydrogen) atoms. The van der Waals surface area contributed by atoms with Crippen LogP contribution in [0.5, 0.6) is 0 Å². The fourth-order valence-corrected chi connectivity index (χ4v) is 3.64. The molecule has 0 unspecified atom stereocenters. The molecule has 7 heteroatoms. The summed E-state index contributed by atoms with van der Waals surface area (Å²) in [6.07, 6.45) is 5.34. The molecule has 1 aromatic carbocycles. The summed E-state index contributed by atoms with van der Waals surface area (Å²) in [5, 5.41) is 4.32. The van der Waals surface area contributed by atoms with E-state index in [1.807, 2.05) is 31.5 Å². The lowest BCUT2D eigenvalue weighted by Crippen LogP contribution is -2.15. The molecule has 1 amide bonds. The van der Waals surface area contributed by atoms with Crippen LogP contribution >= 0.6 is 0 Å². The van der Waals surface area contributed by atoms with Gasteiger partial charge in [-0.3, -0.25) is 14.8 Å². The molecule has 1 aliphatic heterocycles. The number of alkyl halides is 1. The Hall–Kier alpha value is -3.35. The molecular weight excluding hydrogens is 357 g/mol. The zero-order valence-corrected chi connectivity index (χ0v) is 15.2. The lowest BCUT2D eigenvalue weighted by atomic mass is 9.97. The van der Waals surface area contributed by atoms with Crippen molar-refractivity contribution >= 4 is 40.1 Å². The lowest BCUT2D eigenvalue weighted by Gasteiger charge is -2.12. The minimum Gasteiger partial charge on any atom is -0.398 e. The summed E-state index contributed by atoms with van der Waals surface area (Å²) in [6.45, 7) is 2.03. The Morgan fingerprint density at radius 3 is 2.86 bits per heavy atom. The predicted molar refractivity (Wildman–Crippen MR) is 108 cm³/mol. The highest BCUT2D eigenvalue weighted by atomic mass is 19.1. The van der Waals surface area contributed by atoms with Gasteiger partial charge >= 0.3 is 0 Å². The number of hydrogen-bond acceptors (Lipinski definition) is 5. The van der Waals surface area contributed by atoms with Crippen LogP contribution in [-0.4, -0.2) is 28.3 Å². The Bertz CT molecular complexity index is 1170. The van der Waals surface area contributed by atoms with Crippen LogP contribution in [0.3, 0.4) is 0 Å². The number of amides is 1. The number of carbonyl (C=O) groups is 1. The summed E-state index contributed by atoms with van der Waals surface area (Å²) >= 11 is 0. The molecular formula is C21H18FN5O. The Kier molecular flexibility index (Phi) is 3.65. The molecule has 3 N–H and O–H groups in total. The van der Waals surface area contributed by atoms with E-state index in [4.69, 9.17) is 5.73 Å². The van der Waals surface area contributed by atoms with E-state index >= 15 is 0 Å². The fraction of sp³-hybridized carbons (Fsp3) is 0.238. The smallest absolute Gasteiger partial charge is 0.231 e. The van der Waals surface area contributed by atoms with Gasteiger partial charge in [0.05, 0.1) is 17.3 Å². The van der Waals surface area contributed by atoms with E-state index in [-0.39, 0.29) is 12.3 Å². The maximum absolute atomic E-state index is 13.1. The maximum atomic E-state index is 13.1. The number of carbonyl (C=O) groups excluding carboxylic acids is 1. The highest BCUT2D eigenvalue weighted by Gasteiger charge is 2.43. The van der Waals surface area contributed by atoms with E-state index in [1.165, 1.54) is 0 Å². The third-order valence-corrected chi connectivity index (χ3v) is 5.37. The van der Waals surface area contributed by atoms with Crippen molar-refractivity contribution in [2.75, 3.05) is 11.1 Å². The van der Waals surface area contributed by atoms with Gasteiger partial charge in [-0.15, -0.1) is 0 Å². The fourth-order valence-electron chi connectivity index (χ4n) is 3.64. The Morgan fingerprint density at radius 2 is 2.07 bits per heavy atom. The van der Waals surface area contributed by atoms with Crippen LogP contribution in [0.2, 0.25) is 0 Å². The first kappa shape index (κ1) is 16.8. The number of pyridine rings is 2. The third-order valence-electron chi connectivity index (χ3n) is 5.37. The van der Waals surface area contributed by atoms with E-state index in [2.05, 4.69) is 20.3 Å². The second-order valence-corrected chi connectivity index (χ2v) is 7.31. The number of benzene rings is 1. The van der Waals surface area contributed by atoms with Gasteiger partial charge in [-0.1, -0.05) is 0 Å². The van der Waals surface area contributed by atoms with Crippen molar-refractivity contribution in [2.24, 2.45) is 10.9 Å². The van der Waals surface area contributed by atoms with Crippen molar-refractivity contribution in [2.45, 2.75) is 25.9 Å². The van der Waals surface area contributed by atoms with Crippen LogP contribution in [-0.2, 0) is 11.2 Å². The van der Waals surface area contributed by atoms with Crippen molar-refractivity contribution in [3.05, 3.63) is 41.9 Å². The van der Waals surface area contributed by atoms with Crippen molar-refractivity contribution in [3.8, 4) is 11.1 Å². The largest absolute Gasteiger partial charge is 0.398 e. The number of anilines is 2.